The highest BCUT2D eigenvalue weighted by Gasteiger charge is 2.15. The molecule has 0 spiro atoms. The molecule has 2 rings (SSSR count). The predicted molar refractivity (Wildman–Crippen MR) is 64.5 cm³/mol. The maximum absolute atomic E-state index is 13.4. The number of rotatable bonds is 3. The Balaban J connectivity index is 2.39. The van der Waals surface area contributed by atoms with Crippen LogP contribution in [0.15, 0.2) is 18.2 Å². The van der Waals surface area contributed by atoms with Crippen molar-refractivity contribution in [1.82, 2.24) is 9.78 Å². The maximum Gasteiger partial charge on any atom is 0.228 e. The highest BCUT2D eigenvalue weighted by Crippen LogP contribution is 2.26. The Morgan fingerprint density at radius 3 is 2.72 bits per heavy atom. The molecule has 94 valence electrons. The first-order chi connectivity index (χ1) is 8.52. The fraction of sp³-hybridized carbons (Fsp3) is 0.231. The van der Waals surface area contributed by atoms with E-state index in [1.54, 1.807) is 33.0 Å². The van der Waals surface area contributed by atoms with Crippen molar-refractivity contribution < 1.29 is 13.9 Å². The van der Waals surface area contributed by atoms with Gasteiger partial charge in [0.15, 0.2) is 6.29 Å². The summed E-state index contributed by atoms with van der Waals surface area (Å²) in [6, 6.07) is 4.55. The van der Waals surface area contributed by atoms with Gasteiger partial charge in [-0.1, -0.05) is 6.07 Å². The summed E-state index contributed by atoms with van der Waals surface area (Å²) in [5.74, 6) is 0.300. The average Bonchev–Trinajstić information content (AvgIpc) is 2.58. The van der Waals surface area contributed by atoms with Crippen LogP contribution in [0.3, 0.4) is 0 Å². The van der Waals surface area contributed by atoms with Gasteiger partial charge >= 0.3 is 0 Å². The quantitative estimate of drug-likeness (QED) is 0.784. The predicted octanol–water partition coefficient (Wildman–Crippen LogP) is 2.78. The molecule has 0 bridgehead atoms. The van der Waals surface area contributed by atoms with Crippen molar-refractivity contribution in [3.05, 3.63) is 40.8 Å². The third-order valence-corrected chi connectivity index (χ3v) is 2.69. The highest BCUT2D eigenvalue weighted by atomic mass is 19.1. The molecule has 1 aromatic heterocycles. The van der Waals surface area contributed by atoms with Gasteiger partial charge in [0.25, 0.3) is 0 Å². The molecule has 0 amide bonds. The monoisotopic (exact) mass is 248 g/mol. The molecule has 0 saturated carbocycles. The average molecular weight is 248 g/mol. The third kappa shape index (κ3) is 2.11. The van der Waals surface area contributed by atoms with E-state index in [0.717, 1.165) is 0 Å². The summed E-state index contributed by atoms with van der Waals surface area (Å²) in [6.45, 7) is 3.39. The number of nitrogens with zero attached hydrogens (tertiary/aromatic N) is 2. The fourth-order valence-electron chi connectivity index (χ4n) is 1.66. The van der Waals surface area contributed by atoms with E-state index in [2.05, 4.69) is 5.10 Å². The summed E-state index contributed by atoms with van der Waals surface area (Å²) >= 11 is 0. The lowest BCUT2D eigenvalue weighted by Crippen LogP contribution is -1.97. The van der Waals surface area contributed by atoms with Crippen molar-refractivity contribution in [2.24, 2.45) is 7.05 Å². The first kappa shape index (κ1) is 12.3. The van der Waals surface area contributed by atoms with E-state index in [-0.39, 0.29) is 5.82 Å². The molecule has 2 aromatic rings. The SMILES string of the molecule is Cc1ccc(Oc2c(C=O)c(C)nn2C)cc1F. The Hall–Kier alpha value is -2.17. The molecule has 0 radical (unpaired) electrons. The van der Waals surface area contributed by atoms with Crippen molar-refractivity contribution in [1.29, 1.82) is 0 Å². The van der Waals surface area contributed by atoms with Gasteiger partial charge in [0.05, 0.1) is 11.3 Å². The Morgan fingerprint density at radius 2 is 2.11 bits per heavy atom. The molecule has 0 aliphatic carbocycles. The third-order valence-electron chi connectivity index (χ3n) is 2.69. The zero-order valence-corrected chi connectivity index (χ0v) is 10.4. The molecule has 18 heavy (non-hydrogen) atoms. The fourth-order valence-corrected chi connectivity index (χ4v) is 1.66. The summed E-state index contributed by atoms with van der Waals surface area (Å²) in [7, 11) is 1.67. The Morgan fingerprint density at radius 1 is 1.39 bits per heavy atom. The second kappa shape index (κ2) is 4.60. The smallest absolute Gasteiger partial charge is 0.228 e. The Bertz CT molecular complexity index is 605. The van der Waals surface area contributed by atoms with Crippen molar-refractivity contribution in [2.45, 2.75) is 13.8 Å². The summed E-state index contributed by atoms with van der Waals surface area (Å²) < 4.78 is 20.4. The molecule has 4 nitrogen and oxygen atoms in total. The van der Waals surface area contributed by atoms with Crippen molar-refractivity contribution >= 4 is 6.29 Å². The van der Waals surface area contributed by atoms with Crippen LogP contribution < -0.4 is 4.74 Å². The van der Waals surface area contributed by atoms with Crippen LogP contribution in [0.2, 0.25) is 0 Å². The molecule has 0 atom stereocenters. The van der Waals surface area contributed by atoms with Gasteiger partial charge in [-0.2, -0.15) is 5.10 Å². The van der Waals surface area contributed by atoms with Crippen molar-refractivity contribution in [3.8, 4) is 11.6 Å². The van der Waals surface area contributed by atoms with Gasteiger partial charge in [0.1, 0.15) is 11.6 Å². The van der Waals surface area contributed by atoms with Crippen LogP contribution in [0, 0.1) is 19.7 Å². The van der Waals surface area contributed by atoms with E-state index in [1.165, 1.54) is 10.7 Å². The minimum absolute atomic E-state index is 0.311. The number of halogens is 1. The Kier molecular flexibility index (Phi) is 3.14. The lowest BCUT2D eigenvalue weighted by atomic mass is 10.2. The number of ether oxygens (including phenoxy) is 1. The van der Waals surface area contributed by atoms with E-state index in [0.29, 0.717) is 34.7 Å². The molecule has 1 aromatic carbocycles. The Labute approximate surface area is 104 Å². The molecule has 0 aliphatic rings. The van der Waals surface area contributed by atoms with Crippen LogP contribution in [0.25, 0.3) is 0 Å². The summed E-state index contributed by atoms with van der Waals surface area (Å²) in [5, 5.41) is 4.08. The summed E-state index contributed by atoms with van der Waals surface area (Å²) in [4.78, 5) is 11.0. The van der Waals surface area contributed by atoms with Gasteiger partial charge in [0.2, 0.25) is 5.88 Å². The highest BCUT2D eigenvalue weighted by molar-refractivity contribution is 5.80. The van der Waals surface area contributed by atoms with Gasteiger partial charge < -0.3 is 4.74 Å². The lowest BCUT2D eigenvalue weighted by Gasteiger charge is -2.07. The number of hydrogen-bond acceptors (Lipinski definition) is 3. The number of carbonyl (C=O) groups excluding carboxylic acids is 1. The number of benzene rings is 1. The van der Waals surface area contributed by atoms with Crippen LogP contribution in [0.5, 0.6) is 11.6 Å². The van der Waals surface area contributed by atoms with E-state index in [4.69, 9.17) is 4.74 Å². The van der Waals surface area contributed by atoms with E-state index < -0.39 is 0 Å². The summed E-state index contributed by atoms with van der Waals surface area (Å²) in [5.41, 5.74) is 1.49. The topological polar surface area (TPSA) is 44.1 Å². The van der Waals surface area contributed by atoms with Crippen LogP contribution in [0.4, 0.5) is 4.39 Å². The van der Waals surface area contributed by atoms with Crippen LogP contribution >= 0.6 is 0 Å². The van der Waals surface area contributed by atoms with Gasteiger partial charge in [0, 0.05) is 13.1 Å². The van der Waals surface area contributed by atoms with Crippen LogP contribution in [-0.4, -0.2) is 16.1 Å². The van der Waals surface area contributed by atoms with Gasteiger partial charge in [-0.05, 0) is 25.5 Å². The first-order valence-electron chi connectivity index (χ1n) is 5.45. The van der Waals surface area contributed by atoms with Crippen molar-refractivity contribution in [3.63, 3.8) is 0 Å². The van der Waals surface area contributed by atoms with E-state index in [9.17, 15) is 9.18 Å². The van der Waals surface area contributed by atoms with Gasteiger partial charge in [-0.3, -0.25) is 4.79 Å². The van der Waals surface area contributed by atoms with Crippen LogP contribution in [0.1, 0.15) is 21.6 Å². The van der Waals surface area contributed by atoms with Crippen molar-refractivity contribution in [2.75, 3.05) is 0 Å². The van der Waals surface area contributed by atoms with Gasteiger partial charge in [-0.25, -0.2) is 9.07 Å². The lowest BCUT2D eigenvalue weighted by molar-refractivity contribution is 0.112. The first-order valence-corrected chi connectivity index (χ1v) is 5.45. The van der Waals surface area contributed by atoms with Gasteiger partial charge in [-0.15, -0.1) is 0 Å². The number of carbonyl (C=O) groups is 1. The standard InChI is InChI=1S/C13H13FN2O2/c1-8-4-5-10(6-12(8)14)18-13-11(7-17)9(2)15-16(13)3/h4-7H,1-3H3. The molecular formula is C13H13FN2O2. The van der Waals surface area contributed by atoms with E-state index in [1.807, 2.05) is 0 Å². The van der Waals surface area contributed by atoms with Crippen LogP contribution in [-0.2, 0) is 7.05 Å². The molecule has 0 aliphatic heterocycles. The maximum atomic E-state index is 13.4. The minimum atomic E-state index is -0.348. The molecular weight excluding hydrogens is 235 g/mol. The molecule has 0 fully saturated rings. The largest absolute Gasteiger partial charge is 0.438 e. The second-order valence-electron chi connectivity index (χ2n) is 4.06. The molecule has 0 unspecified atom stereocenters. The normalized spacial score (nSPS) is 10.4. The number of aromatic nitrogens is 2. The number of aryl methyl sites for hydroxylation is 3. The minimum Gasteiger partial charge on any atom is -0.438 e. The number of hydrogen-bond donors (Lipinski definition) is 0. The molecule has 0 N–H and O–H groups in total. The molecule has 0 saturated heterocycles. The summed E-state index contributed by atoms with van der Waals surface area (Å²) in [6.07, 6.45) is 0.683. The molecule has 5 heteroatoms. The molecule has 1 heterocycles. The number of aldehydes is 1. The zero-order valence-electron chi connectivity index (χ0n) is 10.4. The second-order valence-corrected chi connectivity index (χ2v) is 4.06. The zero-order chi connectivity index (χ0) is 13.3. The van der Waals surface area contributed by atoms with E-state index >= 15 is 0 Å².